The van der Waals surface area contributed by atoms with Gasteiger partial charge in [0.2, 0.25) is 0 Å². The predicted octanol–water partition coefficient (Wildman–Crippen LogP) is 4.38. The van der Waals surface area contributed by atoms with E-state index in [1.54, 1.807) is 0 Å². The van der Waals surface area contributed by atoms with Gasteiger partial charge in [0.15, 0.2) is 0 Å². The van der Waals surface area contributed by atoms with Crippen LogP contribution < -0.4 is 5.32 Å². The number of nitro benzene ring substituents is 1. The van der Waals surface area contributed by atoms with Crippen molar-refractivity contribution in [2.75, 3.05) is 11.9 Å². The Balaban J connectivity index is 2.01. The average Bonchev–Trinajstić information content (AvgIpc) is 2.86. The van der Waals surface area contributed by atoms with Crippen molar-refractivity contribution < 1.29 is 9.31 Å². The summed E-state index contributed by atoms with van der Waals surface area (Å²) < 4.78 is 13.4. The Bertz CT molecular complexity index is 476. The molecule has 2 rings (SSSR count). The van der Waals surface area contributed by atoms with Gasteiger partial charge >= 0.3 is 0 Å². The van der Waals surface area contributed by atoms with Crippen LogP contribution in [0.1, 0.15) is 32.1 Å². The second-order valence-corrected chi connectivity index (χ2v) is 5.31. The van der Waals surface area contributed by atoms with Gasteiger partial charge in [-0.15, -0.1) is 0 Å². The van der Waals surface area contributed by atoms with Gasteiger partial charge in [0.25, 0.3) is 5.69 Å². The fourth-order valence-electron chi connectivity index (χ4n) is 2.54. The van der Waals surface area contributed by atoms with E-state index in [9.17, 15) is 14.5 Å². The monoisotopic (exact) mass is 286 g/mol. The SMILES string of the molecule is O=[N+]([O-])c1cc(Cl)c(F)cc1NCCC1CCCC1. The van der Waals surface area contributed by atoms with Gasteiger partial charge in [-0.05, 0) is 12.3 Å². The first-order valence-electron chi connectivity index (χ1n) is 6.45. The molecule has 0 atom stereocenters. The summed E-state index contributed by atoms with van der Waals surface area (Å²) in [5.74, 6) is 0.0411. The first-order chi connectivity index (χ1) is 9.08. The highest BCUT2D eigenvalue weighted by Gasteiger charge is 2.19. The summed E-state index contributed by atoms with van der Waals surface area (Å²) in [6.45, 7) is 0.618. The largest absolute Gasteiger partial charge is 0.379 e. The van der Waals surface area contributed by atoms with Crippen molar-refractivity contribution in [3.05, 3.63) is 33.1 Å². The van der Waals surface area contributed by atoms with Crippen molar-refractivity contribution >= 4 is 23.0 Å². The lowest BCUT2D eigenvalue weighted by molar-refractivity contribution is -0.384. The van der Waals surface area contributed by atoms with Crippen LogP contribution in [-0.2, 0) is 0 Å². The number of nitrogens with zero attached hydrogens (tertiary/aromatic N) is 1. The minimum atomic E-state index is -0.643. The van der Waals surface area contributed by atoms with Crippen LogP contribution in [0.5, 0.6) is 0 Å². The van der Waals surface area contributed by atoms with Crippen LogP contribution in [0.3, 0.4) is 0 Å². The zero-order valence-corrected chi connectivity index (χ0v) is 11.3. The van der Waals surface area contributed by atoms with Gasteiger partial charge in [0.1, 0.15) is 11.5 Å². The highest BCUT2D eigenvalue weighted by molar-refractivity contribution is 6.31. The normalized spacial score (nSPS) is 15.7. The Hall–Kier alpha value is -1.36. The van der Waals surface area contributed by atoms with Gasteiger partial charge in [-0.3, -0.25) is 10.1 Å². The molecule has 0 amide bonds. The Morgan fingerprint density at radius 2 is 2.11 bits per heavy atom. The number of anilines is 1. The third kappa shape index (κ3) is 3.56. The van der Waals surface area contributed by atoms with Crippen LogP contribution in [0.15, 0.2) is 12.1 Å². The molecular formula is C13H16ClFN2O2. The molecule has 0 unspecified atom stereocenters. The van der Waals surface area contributed by atoms with Gasteiger partial charge in [0.05, 0.1) is 9.95 Å². The standard InChI is InChI=1S/C13H16ClFN2O2/c14-10-7-13(17(18)19)12(8-11(10)15)16-6-5-9-3-1-2-4-9/h7-9,16H,1-6H2. The number of hydrogen-bond acceptors (Lipinski definition) is 3. The van der Waals surface area contributed by atoms with E-state index < -0.39 is 10.7 Å². The predicted molar refractivity (Wildman–Crippen MR) is 73.1 cm³/mol. The fraction of sp³-hybridized carbons (Fsp3) is 0.538. The zero-order valence-electron chi connectivity index (χ0n) is 10.5. The van der Waals surface area contributed by atoms with Crippen molar-refractivity contribution in [1.29, 1.82) is 0 Å². The molecule has 1 aliphatic rings. The van der Waals surface area contributed by atoms with Gasteiger partial charge in [-0.2, -0.15) is 0 Å². The summed E-state index contributed by atoms with van der Waals surface area (Å²) in [7, 11) is 0. The summed E-state index contributed by atoms with van der Waals surface area (Å²) in [6, 6.07) is 2.14. The second kappa shape index (κ2) is 6.19. The molecule has 0 spiro atoms. The lowest BCUT2D eigenvalue weighted by Gasteiger charge is -2.11. The van der Waals surface area contributed by atoms with Gasteiger partial charge < -0.3 is 5.32 Å². The summed E-state index contributed by atoms with van der Waals surface area (Å²) >= 11 is 5.56. The smallest absolute Gasteiger partial charge is 0.294 e. The Morgan fingerprint density at radius 3 is 2.74 bits per heavy atom. The van der Waals surface area contributed by atoms with Crippen LogP contribution >= 0.6 is 11.6 Å². The van der Waals surface area contributed by atoms with E-state index in [0.717, 1.165) is 18.6 Å². The maximum absolute atomic E-state index is 13.4. The number of nitro groups is 1. The van der Waals surface area contributed by atoms with E-state index in [0.29, 0.717) is 12.5 Å². The minimum Gasteiger partial charge on any atom is -0.379 e. The molecule has 19 heavy (non-hydrogen) atoms. The molecule has 0 aliphatic heterocycles. The highest BCUT2D eigenvalue weighted by atomic mass is 35.5. The van der Waals surface area contributed by atoms with Crippen molar-refractivity contribution in [2.24, 2.45) is 5.92 Å². The summed E-state index contributed by atoms with van der Waals surface area (Å²) in [4.78, 5) is 10.3. The molecule has 4 nitrogen and oxygen atoms in total. The highest BCUT2D eigenvalue weighted by Crippen LogP contribution is 2.31. The molecule has 104 valence electrons. The molecule has 1 aromatic carbocycles. The lowest BCUT2D eigenvalue weighted by Crippen LogP contribution is -2.08. The molecule has 0 radical (unpaired) electrons. The number of benzene rings is 1. The van der Waals surface area contributed by atoms with Gasteiger partial charge in [-0.25, -0.2) is 4.39 Å². The van der Waals surface area contributed by atoms with Crippen molar-refractivity contribution in [3.63, 3.8) is 0 Å². The number of halogens is 2. The van der Waals surface area contributed by atoms with Gasteiger partial charge in [0, 0.05) is 18.7 Å². The van der Waals surface area contributed by atoms with Crippen LogP contribution in [0, 0.1) is 21.8 Å². The van der Waals surface area contributed by atoms with E-state index in [1.165, 1.54) is 25.7 Å². The average molecular weight is 287 g/mol. The molecule has 0 heterocycles. The summed E-state index contributed by atoms with van der Waals surface area (Å²) in [5, 5.41) is 13.6. The fourth-order valence-corrected chi connectivity index (χ4v) is 2.70. The maximum atomic E-state index is 13.4. The second-order valence-electron chi connectivity index (χ2n) is 4.91. The Morgan fingerprint density at radius 1 is 1.42 bits per heavy atom. The zero-order chi connectivity index (χ0) is 13.8. The van der Waals surface area contributed by atoms with E-state index in [-0.39, 0.29) is 16.4 Å². The molecule has 0 aromatic heterocycles. The number of nitrogens with one attached hydrogen (secondary N) is 1. The molecular weight excluding hydrogens is 271 g/mol. The molecule has 6 heteroatoms. The summed E-state index contributed by atoms with van der Waals surface area (Å²) in [6.07, 6.45) is 5.93. The van der Waals surface area contributed by atoms with E-state index >= 15 is 0 Å². The molecule has 0 bridgehead atoms. The molecule has 1 N–H and O–H groups in total. The minimum absolute atomic E-state index is 0.183. The number of hydrogen-bond donors (Lipinski definition) is 1. The van der Waals surface area contributed by atoms with Crippen LogP contribution in [0.2, 0.25) is 5.02 Å². The van der Waals surface area contributed by atoms with E-state index in [4.69, 9.17) is 11.6 Å². The van der Waals surface area contributed by atoms with Crippen LogP contribution in [-0.4, -0.2) is 11.5 Å². The van der Waals surface area contributed by atoms with E-state index in [1.807, 2.05) is 0 Å². The topological polar surface area (TPSA) is 55.2 Å². The van der Waals surface area contributed by atoms with Crippen LogP contribution in [0.25, 0.3) is 0 Å². The number of rotatable bonds is 5. The lowest BCUT2D eigenvalue weighted by atomic mass is 10.0. The molecule has 1 aromatic rings. The molecule has 0 saturated heterocycles. The van der Waals surface area contributed by atoms with Gasteiger partial charge in [-0.1, -0.05) is 37.3 Å². The Kier molecular flexibility index (Phi) is 4.58. The third-order valence-corrected chi connectivity index (χ3v) is 3.87. The Labute approximate surface area is 116 Å². The van der Waals surface area contributed by atoms with Crippen LogP contribution in [0.4, 0.5) is 15.8 Å². The van der Waals surface area contributed by atoms with Crippen molar-refractivity contribution in [2.45, 2.75) is 32.1 Å². The molecule has 1 aliphatic carbocycles. The maximum Gasteiger partial charge on any atom is 0.294 e. The summed E-state index contributed by atoms with van der Waals surface area (Å²) in [5.41, 5.74) is 0.0164. The van der Waals surface area contributed by atoms with Crippen molar-refractivity contribution in [1.82, 2.24) is 0 Å². The first-order valence-corrected chi connectivity index (χ1v) is 6.83. The quantitative estimate of drug-likeness (QED) is 0.645. The molecule has 1 fully saturated rings. The molecule has 1 saturated carbocycles. The van der Waals surface area contributed by atoms with Crippen molar-refractivity contribution in [3.8, 4) is 0 Å². The first kappa shape index (κ1) is 14.1. The van der Waals surface area contributed by atoms with E-state index in [2.05, 4.69) is 5.32 Å². The third-order valence-electron chi connectivity index (χ3n) is 3.58.